The van der Waals surface area contributed by atoms with E-state index in [0.717, 1.165) is 6.42 Å². The second-order valence-corrected chi connectivity index (χ2v) is 3.47. The van der Waals surface area contributed by atoms with Crippen LogP contribution in [0.4, 0.5) is 0 Å². The summed E-state index contributed by atoms with van der Waals surface area (Å²) < 4.78 is 0. The first-order valence-electron chi connectivity index (χ1n) is 4.71. The second kappa shape index (κ2) is 4.80. The minimum absolute atomic E-state index is 0.574. The molecule has 0 radical (unpaired) electrons. The van der Waals surface area contributed by atoms with Crippen LogP contribution < -0.4 is 0 Å². The number of rotatable bonds is 3. The third kappa shape index (κ3) is 3.02. The van der Waals surface area contributed by atoms with Gasteiger partial charge in [0.1, 0.15) is 0 Å². The first-order chi connectivity index (χ1) is 6.24. The van der Waals surface area contributed by atoms with Crippen LogP contribution in [0.1, 0.15) is 31.7 Å². The van der Waals surface area contributed by atoms with E-state index in [4.69, 9.17) is 0 Å². The molecule has 1 heteroatoms. The maximum Gasteiger partial charge on any atom is 0.0276 e. The normalized spacial score (nSPS) is 14.2. The summed E-state index contributed by atoms with van der Waals surface area (Å²) in [5.41, 5.74) is 2.61. The zero-order chi connectivity index (χ0) is 9.68. The molecular weight excluding hydrogens is 158 g/mol. The third-order valence-electron chi connectivity index (χ3n) is 2.35. The van der Waals surface area contributed by atoms with Crippen molar-refractivity contribution in [1.82, 2.24) is 0 Å². The molecule has 1 rings (SSSR count). The van der Waals surface area contributed by atoms with Crippen LogP contribution in [-0.2, 0) is 0 Å². The van der Waals surface area contributed by atoms with Crippen molar-refractivity contribution in [2.45, 2.75) is 26.2 Å². The van der Waals surface area contributed by atoms with Crippen molar-refractivity contribution >= 4 is 5.71 Å². The minimum Gasteiger partial charge on any atom is -0.298 e. The zero-order valence-electron chi connectivity index (χ0n) is 8.62. The molecule has 70 valence electrons. The molecule has 0 aromatic heterocycles. The maximum absolute atomic E-state index is 4.17. The Bertz CT molecular complexity index is 274. The summed E-state index contributed by atoms with van der Waals surface area (Å²) >= 11 is 0. The molecule has 0 aliphatic heterocycles. The van der Waals surface area contributed by atoms with E-state index in [0.29, 0.717) is 5.92 Å². The highest BCUT2D eigenvalue weighted by Crippen LogP contribution is 2.18. The Balaban J connectivity index is 2.64. The summed E-state index contributed by atoms with van der Waals surface area (Å²) in [4.78, 5) is 4.17. The standard InChI is InChI=1S/C12H17N/c1-10(9-11(2)13-3)12-7-5-4-6-8-12/h4-8,10H,9H2,1-3H3/b13-11-. The largest absolute Gasteiger partial charge is 0.298 e. The predicted octanol–water partition coefficient (Wildman–Crippen LogP) is 3.27. The smallest absolute Gasteiger partial charge is 0.0276 e. The van der Waals surface area contributed by atoms with Gasteiger partial charge >= 0.3 is 0 Å². The van der Waals surface area contributed by atoms with Gasteiger partial charge in [-0.1, -0.05) is 37.3 Å². The molecule has 0 aliphatic rings. The lowest BCUT2D eigenvalue weighted by molar-refractivity contribution is 0.801. The lowest BCUT2D eigenvalue weighted by Crippen LogP contribution is -2.00. The van der Waals surface area contributed by atoms with Gasteiger partial charge in [-0.3, -0.25) is 4.99 Å². The Morgan fingerprint density at radius 2 is 1.92 bits per heavy atom. The lowest BCUT2D eigenvalue weighted by Gasteiger charge is -2.10. The highest BCUT2D eigenvalue weighted by molar-refractivity contribution is 5.82. The van der Waals surface area contributed by atoms with Gasteiger partial charge in [-0.05, 0) is 24.8 Å². The topological polar surface area (TPSA) is 12.4 Å². The Morgan fingerprint density at radius 1 is 1.31 bits per heavy atom. The molecule has 0 amide bonds. The summed E-state index contributed by atoms with van der Waals surface area (Å²) in [6.07, 6.45) is 1.06. The molecule has 0 aliphatic carbocycles. The molecule has 1 nitrogen and oxygen atoms in total. The van der Waals surface area contributed by atoms with Crippen LogP contribution in [0.25, 0.3) is 0 Å². The predicted molar refractivity (Wildman–Crippen MR) is 58.5 cm³/mol. The van der Waals surface area contributed by atoms with E-state index in [1.165, 1.54) is 11.3 Å². The first-order valence-corrected chi connectivity index (χ1v) is 4.71. The highest BCUT2D eigenvalue weighted by Gasteiger charge is 2.05. The number of hydrogen-bond acceptors (Lipinski definition) is 1. The fraction of sp³-hybridized carbons (Fsp3) is 0.417. The van der Waals surface area contributed by atoms with E-state index in [2.05, 4.69) is 49.2 Å². The van der Waals surface area contributed by atoms with Crippen LogP contribution in [-0.4, -0.2) is 12.8 Å². The molecule has 0 saturated heterocycles. The molecule has 0 heterocycles. The fourth-order valence-electron chi connectivity index (χ4n) is 1.43. The number of benzene rings is 1. The van der Waals surface area contributed by atoms with Gasteiger partial charge in [-0.25, -0.2) is 0 Å². The van der Waals surface area contributed by atoms with Crippen molar-refractivity contribution in [3.8, 4) is 0 Å². The van der Waals surface area contributed by atoms with Crippen LogP contribution in [0.3, 0.4) is 0 Å². The van der Waals surface area contributed by atoms with Gasteiger partial charge in [0.05, 0.1) is 0 Å². The summed E-state index contributed by atoms with van der Waals surface area (Å²) in [7, 11) is 1.85. The fourth-order valence-corrected chi connectivity index (χ4v) is 1.43. The monoisotopic (exact) mass is 175 g/mol. The average Bonchev–Trinajstić information content (AvgIpc) is 2.19. The van der Waals surface area contributed by atoms with E-state index < -0.39 is 0 Å². The molecule has 13 heavy (non-hydrogen) atoms. The van der Waals surface area contributed by atoms with Crippen molar-refractivity contribution in [3.05, 3.63) is 35.9 Å². The maximum atomic E-state index is 4.17. The van der Waals surface area contributed by atoms with Crippen LogP contribution in [0.15, 0.2) is 35.3 Å². The quantitative estimate of drug-likeness (QED) is 0.625. The second-order valence-electron chi connectivity index (χ2n) is 3.47. The van der Waals surface area contributed by atoms with Crippen molar-refractivity contribution < 1.29 is 0 Å². The van der Waals surface area contributed by atoms with Gasteiger partial charge in [0.2, 0.25) is 0 Å². The van der Waals surface area contributed by atoms with Crippen molar-refractivity contribution in [2.75, 3.05) is 7.05 Å². The molecule has 1 atom stereocenters. The van der Waals surface area contributed by atoms with E-state index in [1.807, 2.05) is 7.05 Å². The summed E-state index contributed by atoms with van der Waals surface area (Å²) in [6, 6.07) is 10.6. The molecule has 1 aromatic rings. The molecular formula is C12H17N. The summed E-state index contributed by atoms with van der Waals surface area (Å²) in [5, 5.41) is 0. The number of aliphatic imine (C=N–C) groups is 1. The Labute approximate surface area is 80.5 Å². The molecule has 0 fully saturated rings. The SMILES string of the molecule is C/N=C(/C)CC(C)c1ccccc1. The summed E-state index contributed by atoms with van der Waals surface area (Å²) in [6.45, 7) is 4.32. The van der Waals surface area contributed by atoms with E-state index in [9.17, 15) is 0 Å². The van der Waals surface area contributed by atoms with Gasteiger partial charge in [-0.15, -0.1) is 0 Å². The molecule has 0 saturated carbocycles. The van der Waals surface area contributed by atoms with Gasteiger partial charge in [0.25, 0.3) is 0 Å². The minimum atomic E-state index is 0.574. The van der Waals surface area contributed by atoms with Gasteiger partial charge in [0.15, 0.2) is 0 Å². The molecule has 1 aromatic carbocycles. The summed E-state index contributed by atoms with van der Waals surface area (Å²) in [5.74, 6) is 0.574. The van der Waals surface area contributed by atoms with E-state index >= 15 is 0 Å². The van der Waals surface area contributed by atoms with Gasteiger partial charge in [-0.2, -0.15) is 0 Å². The van der Waals surface area contributed by atoms with Gasteiger partial charge < -0.3 is 0 Å². The van der Waals surface area contributed by atoms with Crippen LogP contribution in [0, 0.1) is 0 Å². The van der Waals surface area contributed by atoms with Crippen LogP contribution >= 0.6 is 0 Å². The Morgan fingerprint density at radius 3 is 2.46 bits per heavy atom. The first kappa shape index (κ1) is 9.97. The van der Waals surface area contributed by atoms with Gasteiger partial charge in [0, 0.05) is 12.8 Å². The number of hydrogen-bond donors (Lipinski definition) is 0. The highest BCUT2D eigenvalue weighted by atomic mass is 14.7. The molecule has 0 N–H and O–H groups in total. The van der Waals surface area contributed by atoms with E-state index in [1.54, 1.807) is 0 Å². The Kier molecular flexibility index (Phi) is 3.69. The molecule has 0 spiro atoms. The molecule has 1 unspecified atom stereocenters. The lowest BCUT2D eigenvalue weighted by atomic mass is 9.96. The van der Waals surface area contributed by atoms with Crippen LogP contribution in [0.2, 0.25) is 0 Å². The van der Waals surface area contributed by atoms with Crippen LogP contribution in [0.5, 0.6) is 0 Å². The molecule has 0 bridgehead atoms. The third-order valence-corrected chi connectivity index (χ3v) is 2.35. The van der Waals surface area contributed by atoms with Crippen molar-refractivity contribution in [2.24, 2.45) is 4.99 Å². The van der Waals surface area contributed by atoms with Crippen molar-refractivity contribution in [3.63, 3.8) is 0 Å². The van der Waals surface area contributed by atoms with E-state index in [-0.39, 0.29) is 0 Å². The zero-order valence-corrected chi connectivity index (χ0v) is 8.62. The Hall–Kier alpha value is -1.11. The average molecular weight is 175 g/mol. The van der Waals surface area contributed by atoms with Crippen molar-refractivity contribution in [1.29, 1.82) is 0 Å². The number of nitrogens with zero attached hydrogens (tertiary/aromatic N) is 1.